The molecule has 1 saturated heterocycles. The lowest BCUT2D eigenvalue weighted by Gasteiger charge is -2.28. The largest absolute Gasteiger partial charge is 0.480 e. The minimum atomic E-state index is -0.897. The van der Waals surface area contributed by atoms with Gasteiger partial charge in [-0.05, 0) is 58.0 Å². The molecule has 0 spiro atoms. The second-order valence-electron chi connectivity index (χ2n) is 7.91. The second kappa shape index (κ2) is 11.8. The SMILES string of the molecule is O=C(O)[C@H](Cc1ccc(OC(=O)N2CCOCC2)c(Cl)c1)N(Cc1ccsc1)Cc1cccs1. The first-order chi connectivity index (χ1) is 16.5. The van der Waals surface area contributed by atoms with E-state index in [4.69, 9.17) is 21.1 Å². The topological polar surface area (TPSA) is 79.3 Å². The van der Waals surface area contributed by atoms with Crippen molar-refractivity contribution in [3.05, 3.63) is 73.6 Å². The summed E-state index contributed by atoms with van der Waals surface area (Å²) in [5, 5.41) is 16.4. The smallest absolute Gasteiger partial charge is 0.415 e. The molecule has 10 heteroatoms. The summed E-state index contributed by atoms with van der Waals surface area (Å²) in [6.07, 6.45) is -0.207. The molecule has 1 aliphatic rings. The number of nitrogens with zero attached hydrogens (tertiary/aromatic N) is 2. The number of hydrogen-bond acceptors (Lipinski definition) is 7. The van der Waals surface area contributed by atoms with E-state index in [1.807, 2.05) is 39.2 Å². The molecule has 3 heterocycles. The van der Waals surface area contributed by atoms with Gasteiger partial charge in [0, 0.05) is 31.1 Å². The average molecular weight is 521 g/mol. The van der Waals surface area contributed by atoms with Gasteiger partial charge in [-0.25, -0.2) is 4.79 Å². The van der Waals surface area contributed by atoms with E-state index in [2.05, 4.69) is 0 Å². The van der Waals surface area contributed by atoms with E-state index in [0.29, 0.717) is 39.4 Å². The molecule has 0 bridgehead atoms. The van der Waals surface area contributed by atoms with Crippen molar-refractivity contribution in [3.8, 4) is 5.75 Å². The molecule has 1 aliphatic heterocycles. The number of aliphatic carboxylic acids is 1. The number of ether oxygens (including phenoxy) is 2. The van der Waals surface area contributed by atoms with Crippen molar-refractivity contribution in [1.82, 2.24) is 9.80 Å². The zero-order valence-electron chi connectivity index (χ0n) is 18.4. The maximum absolute atomic E-state index is 12.4. The van der Waals surface area contributed by atoms with Crippen LogP contribution in [0.5, 0.6) is 5.75 Å². The lowest BCUT2D eigenvalue weighted by Crippen LogP contribution is -2.42. The van der Waals surface area contributed by atoms with Crippen molar-refractivity contribution < 1.29 is 24.2 Å². The molecule has 1 fully saturated rings. The van der Waals surface area contributed by atoms with Gasteiger partial charge in [0.25, 0.3) is 0 Å². The molecule has 1 atom stereocenters. The molecule has 2 aromatic heterocycles. The van der Waals surface area contributed by atoms with Crippen molar-refractivity contribution in [3.63, 3.8) is 0 Å². The molecular weight excluding hydrogens is 496 g/mol. The molecule has 1 N–H and O–H groups in total. The van der Waals surface area contributed by atoms with Crippen LogP contribution in [0.2, 0.25) is 5.02 Å². The molecule has 4 rings (SSSR count). The van der Waals surface area contributed by atoms with Crippen molar-refractivity contribution in [2.75, 3.05) is 26.3 Å². The highest BCUT2D eigenvalue weighted by atomic mass is 35.5. The molecule has 0 radical (unpaired) electrons. The number of carboxylic acids is 1. The van der Waals surface area contributed by atoms with E-state index >= 15 is 0 Å². The van der Waals surface area contributed by atoms with E-state index in [1.165, 1.54) is 0 Å². The Morgan fingerprint density at radius 2 is 1.97 bits per heavy atom. The lowest BCUT2D eigenvalue weighted by atomic mass is 10.0. The van der Waals surface area contributed by atoms with Crippen LogP contribution >= 0.6 is 34.3 Å². The fourth-order valence-corrected chi connectivity index (χ4v) is 5.38. The van der Waals surface area contributed by atoms with Crippen molar-refractivity contribution in [2.45, 2.75) is 25.6 Å². The van der Waals surface area contributed by atoms with Crippen LogP contribution < -0.4 is 4.74 Å². The number of carbonyl (C=O) groups excluding carboxylic acids is 1. The first kappa shape index (κ1) is 24.7. The fourth-order valence-electron chi connectivity index (χ4n) is 3.75. The van der Waals surface area contributed by atoms with Crippen LogP contribution in [0.25, 0.3) is 0 Å². The van der Waals surface area contributed by atoms with Gasteiger partial charge in [0.1, 0.15) is 6.04 Å². The maximum atomic E-state index is 12.4. The predicted molar refractivity (Wildman–Crippen MR) is 133 cm³/mol. The third-order valence-electron chi connectivity index (χ3n) is 5.52. The van der Waals surface area contributed by atoms with Crippen LogP contribution in [0.15, 0.2) is 52.5 Å². The molecule has 0 saturated carbocycles. The second-order valence-corrected chi connectivity index (χ2v) is 10.1. The molecule has 34 heavy (non-hydrogen) atoms. The van der Waals surface area contributed by atoms with E-state index in [1.54, 1.807) is 45.8 Å². The van der Waals surface area contributed by atoms with Crippen molar-refractivity contribution >= 4 is 46.3 Å². The Bertz CT molecular complexity index is 1050. The van der Waals surface area contributed by atoms with Crippen LogP contribution in [-0.2, 0) is 29.0 Å². The molecular formula is C24H25ClN2O5S2. The van der Waals surface area contributed by atoms with Gasteiger partial charge in [-0.15, -0.1) is 11.3 Å². The monoisotopic (exact) mass is 520 g/mol. The Morgan fingerprint density at radius 1 is 1.15 bits per heavy atom. The lowest BCUT2D eigenvalue weighted by molar-refractivity contribution is -0.143. The van der Waals surface area contributed by atoms with Crippen LogP contribution in [0.1, 0.15) is 16.0 Å². The highest BCUT2D eigenvalue weighted by Crippen LogP contribution is 2.28. The van der Waals surface area contributed by atoms with Crippen molar-refractivity contribution in [2.24, 2.45) is 0 Å². The molecule has 3 aromatic rings. The van der Waals surface area contributed by atoms with Gasteiger partial charge in [0.05, 0.1) is 18.2 Å². The summed E-state index contributed by atoms with van der Waals surface area (Å²) >= 11 is 9.61. The molecule has 0 unspecified atom stereocenters. The van der Waals surface area contributed by atoms with Gasteiger partial charge in [-0.2, -0.15) is 11.3 Å². The number of halogens is 1. The number of carbonyl (C=O) groups is 2. The Morgan fingerprint density at radius 3 is 2.62 bits per heavy atom. The van der Waals surface area contributed by atoms with Crippen LogP contribution in [0, 0.1) is 0 Å². The molecule has 0 aliphatic carbocycles. The van der Waals surface area contributed by atoms with Crippen LogP contribution in [0.3, 0.4) is 0 Å². The highest BCUT2D eigenvalue weighted by molar-refractivity contribution is 7.09. The summed E-state index contributed by atoms with van der Waals surface area (Å²) in [4.78, 5) is 29.3. The predicted octanol–water partition coefficient (Wildman–Crippen LogP) is 4.99. The summed E-state index contributed by atoms with van der Waals surface area (Å²) in [6.45, 7) is 2.96. The van der Waals surface area contributed by atoms with Crippen molar-refractivity contribution in [1.29, 1.82) is 0 Å². The number of rotatable bonds is 9. The average Bonchev–Trinajstić information content (AvgIpc) is 3.53. The van der Waals surface area contributed by atoms with Gasteiger partial charge < -0.3 is 19.5 Å². The normalized spacial score (nSPS) is 14.8. The number of carboxylic acid groups (broad SMARTS) is 1. The number of hydrogen-bond donors (Lipinski definition) is 1. The van der Waals surface area contributed by atoms with E-state index < -0.39 is 18.1 Å². The molecule has 180 valence electrons. The highest BCUT2D eigenvalue weighted by Gasteiger charge is 2.27. The summed E-state index contributed by atoms with van der Waals surface area (Å²) in [7, 11) is 0. The summed E-state index contributed by atoms with van der Waals surface area (Å²) < 4.78 is 10.7. The zero-order valence-corrected chi connectivity index (χ0v) is 20.8. The van der Waals surface area contributed by atoms with E-state index in [-0.39, 0.29) is 17.2 Å². The summed E-state index contributed by atoms with van der Waals surface area (Å²) in [5.41, 5.74) is 1.83. The van der Waals surface area contributed by atoms with E-state index in [9.17, 15) is 14.7 Å². The Balaban J connectivity index is 1.48. The maximum Gasteiger partial charge on any atom is 0.415 e. The van der Waals surface area contributed by atoms with Crippen LogP contribution in [-0.4, -0.2) is 59.3 Å². The van der Waals surface area contributed by atoms with Gasteiger partial charge in [0.2, 0.25) is 0 Å². The Kier molecular flexibility index (Phi) is 8.58. The first-order valence-corrected chi connectivity index (χ1v) is 13.0. The number of amides is 1. The third-order valence-corrected chi connectivity index (χ3v) is 7.41. The summed E-state index contributed by atoms with van der Waals surface area (Å²) in [6, 6.07) is 10.3. The van der Waals surface area contributed by atoms with Gasteiger partial charge >= 0.3 is 12.1 Å². The Hall–Kier alpha value is -2.43. The fraction of sp³-hybridized carbons (Fsp3) is 0.333. The van der Waals surface area contributed by atoms with Gasteiger partial charge in [-0.3, -0.25) is 9.69 Å². The Labute approximate surface area is 211 Å². The number of benzene rings is 1. The summed E-state index contributed by atoms with van der Waals surface area (Å²) in [5.74, 6) is -0.645. The first-order valence-electron chi connectivity index (χ1n) is 10.8. The minimum absolute atomic E-state index is 0.252. The van der Waals surface area contributed by atoms with E-state index in [0.717, 1.165) is 16.0 Å². The number of morpholine rings is 1. The molecule has 1 amide bonds. The van der Waals surface area contributed by atoms with Gasteiger partial charge in [-0.1, -0.05) is 23.7 Å². The number of thiophene rings is 2. The third kappa shape index (κ3) is 6.58. The minimum Gasteiger partial charge on any atom is -0.480 e. The molecule has 1 aromatic carbocycles. The quantitative estimate of drug-likeness (QED) is 0.428. The standard InChI is InChI=1S/C24H25ClN2O5S2/c25-20-12-17(3-4-22(20)32-24(30)26-6-8-31-9-7-26)13-21(23(28)29)27(14-18-5-11-33-16-18)15-19-2-1-10-34-19/h1-5,10-12,16,21H,6-9,13-15H2,(H,28,29)/t21-/m0/s1. The zero-order chi connectivity index (χ0) is 23.9. The molecule has 7 nitrogen and oxygen atoms in total. The van der Waals surface area contributed by atoms with Gasteiger partial charge in [0.15, 0.2) is 5.75 Å². The van der Waals surface area contributed by atoms with Crippen LogP contribution in [0.4, 0.5) is 4.79 Å².